The molecule has 0 aromatic carbocycles. The predicted molar refractivity (Wildman–Crippen MR) is 109 cm³/mol. The standard InChI is InChI=1S/C21H29N3O2S/c25-12-10-22-20(26)19-18(17-7-4-9-23-21(17)27-19)16-8-11-24(14-16)13-15-5-2-1-3-6-15/h4,7,9,15-16,25H,1-3,5-6,8,10-14H2,(H,22,26)/t16-/m0/s1. The second-order valence-corrected chi connectivity index (χ2v) is 8.93. The molecule has 0 unspecified atom stereocenters. The van der Waals surface area contributed by atoms with Gasteiger partial charge in [0.25, 0.3) is 5.91 Å². The van der Waals surface area contributed by atoms with Gasteiger partial charge in [0.15, 0.2) is 0 Å². The molecule has 5 nitrogen and oxygen atoms in total. The Morgan fingerprint density at radius 2 is 2.15 bits per heavy atom. The second kappa shape index (κ2) is 8.67. The molecule has 2 N–H and O–H groups in total. The highest BCUT2D eigenvalue weighted by atomic mass is 32.1. The minimum atomic E-state index is -0.0761. The first-order valence-electron chi connectivity index (χ1n) is 10.2. The SMILES string of the molecule is O=C(NCCO)c1sc2ncccc2c1[C@H]1CCN(CC2CCCCC2)C1. The molecule has 6 heteroatoms. The Bertz CT molecular complexity index is 785. The van der Waals surface area contributed by atoms with Gasteiger partial charge in [-0.2, -0.15) is 0 Å². The number of rotatable bonds is 6. The number of aliphatic hydroxyl groups is 1. The average Bonchev–Trinajstić information content (AvgIpc) is 3.31. The highest BCUT2D eigenvalue weighted by molar-refractivity contribution is 7.20. The highest BCUT2D eigenvalue weighted by Gasteiger charge is 2.31. The van der Waals surface area contributed by atoms with E-state index in [4.69, 9.17) is 5.11 Å². The first kappa shape index (κ1) is 18.8. The molecule has 2 aliphatic rings. The van der Waals surface area contributed by atoms with Gasteiger partial charge in [0.05, 0.1) is 11.5 Å². The zero-order valence-electron chi connectivity index (χ0n) is 15.8. The smallest absolute Gasteiger partial charge is 0.261 e. The minimum Gasteiger partial charge on any atom is -0.395 e. The number of fused-ring (bicyclic) bond motifs is 1. The van der Waals surface area contributed by atoms with Gasteiger partial charge in [0.1, 0.15) is 4.83 Å². The molecule has 1 amide bonds. The number of likely N-dealkylation sites (tertiary alicyclic amines) is 1. The van der Waals surface area contributed by atoms with E-state index in [-0.39, 0.29) is 12.5 Å². The van der Waals surface area contributed by atoms with Crippen molar-refractivity contribution in [3.05, 3.63) is 28.8 Å². The lowest BCUT2D eigenvalue weighted by Gasteiger charge is -2.26. The van der Waals surface area contributed by atoms with Crippen LogP contribution in [0.2, 0.25) is 0 Å². The van der Waals surface area contributed by atoms with Crippen LogP contribution in [0.1, 0.15) is 59.7 Å². The molecule has 1 saturated heterocycles. The number of hydrogen-bond donors (Lipinski definition) is 2. The molecule has 0 bridgehead atoms. The Balaban J connectivity index is 1.54. The van der Waals surface area contributed by atoms with Crippen LogP contribution in [0.25, 0.3) is 10.2 Å². The molecule has 1 saturated carbocycles. The zero-order chi connectivity index (χ0) is 18.6. The van der Waals surface area contributed by atoms with Crippen molar-refractivity contribution < 1.29 is 9.90 Å². The van der Waals surface area contributed by atoms with Crippen LogP contribution >= 0.6 is 11.3 Å². The van der Waals surface area contributed by atoms with E-state index in [1.54, 1.807) is 6.20 Å². The van der Waals surface area contributed by atoms with Crippen LogP contribution in [0.5, 0.6) is 0 Å². The number of carbonyl (C=O) groups excluding carboxylic acids is 1. The summed E-state index contributed by atoms with van der Waals surface area (Å²) in [6, 6.07) is 4.06. The molecule has 2 fully saturated rings. The van der Waals surface area contributed by atoms with Crippen LogP contribution < -0.4 is 5.32 Å². The topological polar surface area (TPSA) is 65.5 Å². The molecule has 146 valence electrons. The molecular weight excluding hydrogens is 358 g/mol. The molecule has 3 heterocycles. The van der Waals surface area contributed by atoms with Crippen molar-refractivity contribution in [1.29, 1.82) is 0 Å². The van der Waals surface area contributed by atoms with Crippen LogP contribution in [0.3, 0.4) is 0 Å². The Morgan fingerprint density at radius 3 is 2.96 bits per heavy atom. The van der Waals surface area contributed by atoms with E-state index >= 15 is 0 Å². The molecule has 0 spiro atoms. The van der Waals surface area contributed by atoms with E-state index in [0.717, 1.165) is 40.5 Å². The van der Waals surface area contributed by atoms with Gasteiger partial charge in [-0.25, -0.2) is 4.98 Å². The van der Waals surface area contributed by atoms with Crippen LogP contribution in [0.15, 0.2) is 18.3 Å². The lowest BCUT2D eigenvalue weighted by Crippen LogP contribution is -2.29. The van der Waals surface area contributed by atoms with Crippen molar-refractivity contribution in [3.8, 4) is 0 Å². The Labute approximate surface area is 164 Å². The first-order chi connectivity index (χ1) is 13.3. The summed E-state index contributed by atoms with van der Waals surface area (Å²) in [6.45, 7) is 3.62. The summed E-state index contributed by atoms with van der Waals surface area (Å²) in [5.74, 6) is 1.17. The molecule has 0 radical (unpaired) electrons. The third kappa shape index (κ3) is 4.18. The number of amides is 1. The van der Waals surface area contributed by atoms with Gasteiger partial charge in [-0.15, -0.1) is 11.3 Å². The van der Waals surface area contributed by atoms with E-state index in [1.807, 2.05) is 6.07 Å². The average molecular weight is 388 g/mol. The fraction of sp³-hybridized carbons (Fsp3) is 0.619. The van der Waals surface area contributed by atoms with Gasteiger partial charge in [0, 0.05) is 37.1 Å². The van der Waals surface area contributed by atoms with E-state index in [1.165, 1.54) is 55.5 Å². The molecule has 2 aromatic rings. The summed E-state index contributed by atoms with van der Waals surface area (Å²) in [5, 5.41) is 13.0. The van der Waals surface area contributed by atoms with Crippen molar-refractivity contribution in [1.82, 2.24) is 15.2 Å². The molecule has 1 atom stereocenters. The number of aliphatic hydroxyl groups excluding tert-OH is 1. The van der Waals surface area contributed by atoms with Crippen molar-refractivity contribution in [3.63, 3.8) is 0 Å². The van der Waals surface area contributed by atoms with Crippen molar-refractivity contribution in [2.24, 2.45) is 5.92 Å². The summed E-state index contributed by atoms with van der Waals surface area (Å²) < 4.78 is 0. The van der Waals surface area contributed by atoms with Gasteiger partial charge in [-0.3, -0.25) is 4.79 Å². The van der Waals surface area contributed by atoms with E-state index in [9.17, 15) is 4.79 Å². The number of thiophene rings is 1. The zero-order valence-corrected chi connectivity index (χ0v) is 16.6. The first-order valence-corrected chi connectivity index (χ1v) is 11.1. The number of pyridine rings is 1. The van der Waals surface area contributed by atoms with Crippen LogP contribution in [0.4, 0.5) is 0 Å². The Kier molecular flexibility index (Phi) is 6.05. The van der Waals surface area contributed by atoms with Crippen LogP contribution in [-0.4, -0.2) is 53.7 Å². The fourth-order valence-electron chi connectivity index (χ4n) is 4.74. The summed E-state index contributed by atoms with van der Waals surface area (Å²) >= 11 is 1.48. The lowest BCUT2D eigenvalue weighted by molar-refractivity contribution is 0.0947. The predicted octanol–water partition coefficient (Wildman–Crippen LogP) is 3.39. The largest absolute Gasteiger partial charge is 0.395 e. The fourth-order valence-corrected chi connectivity index (χ4v) is 5.89. The normalized spacial score (nSPS) is 21.7. The Morgan fingerprint density at radius 1 is 1.30 bits per heavy atom. The summed E-state index contributed by atoms with van der Waals surface area (Å²) in [5.41, 5.74) is 1.17. The third-order valence-corrected chi connectivity index (χ3v) is 7.16. The molecule has 4 rings (SSSR count). The van der Waals surface area contributed by atoms with Gasteiger partial charge >= 0.3 is 0 Å². The highest BCUT2D eigenvalue weighted by Crippen LogP contribution is 2.39. The number of aromatic nitrogens is 1. The van der Waals surface area contributed by atoms with Gasteiger partial charge < -0.3 is 15.3 Å². The van der Waals surface area contributed by atoms with E-state index in [2.05, 4.69) is 21.3 Å². The van der Waals surface area contributed by atoms with E-state index in [0.29, 0.717) is 12.5 Å². The molecule has 2 aromatic heterocycles. The lowest BCUT2D eigenvalue weighted by atomic mass is 9.89. The van der Waals surface area contributed by atoms with E-state index < -0.39 is 0 Å². The number of nitrogens with one attached hydrogen (secondary N) is 1. The monoisotopic (exact) mass is 387 g/mol. The number of nitrogens with zero attached hydrogens (tertiary/aromatic N) is 2. The second-order valence-electron chi connectivity index (χ2n) is 7.93. The van der Waals surface area contributed by atoms with Crippen LogP contribution in [0, 0.1) is 5.92 Å². The van der Waals surface area contributed by atoms with Gasteiger partial charge in [-0.05, 0) is 43.4 Å². The molecule has 1 aliphatic heterocycles. The van der Waals surface area contributed by atoms with Crippen molar-refractivity contribution >= 4 is 27.5 Å². The maximum atomic E-state index is 12.7. The maximum absolute atomic E-state index is 12.7. The maximum Gasteiger partial charge on any atom is 0.261 e. The summed E-state index contributed by atoms with van der Waals surface area (Å²) in [7, 11) is 0. The van der Waals surface area contributed by atoms with Crippen molar-refractivity contribution in [2.45, 2.75) is 44.4 Å². The number of hydrogen-bond acceptors (Lipinski definition) is 5. The summed E-state index contributed by atoms with van der Waals surface area (Å²) in [4.78, 5) is 21.5. The van der Waals surface area contributed by atoms with Gasteiger partial charge in [-0.1, -0.05) is 25.3 Å². The third-order valence-electron chi connectivity index (χ3n) is 6.03. The summed E-state index contributed by atoms with van der Waals surface area (Å²) in [6.07, 6.45) is 9.83. The van der Waals surface area contributed by atoms with Crippen molar-refractivity contribution in [2.75, 3.05) is 32.8 Å². The Hall–Kier alpha value is -1.50. The molecule has 27 heavy (non-hydrogen) atoms. The quantitative estimate of drug-likeness (QED) is 0.797. The minimum absolute atomic E-state index is 0.0389. The van der Waals surface area contributed by atoms with Gasteiger partial charge in [0.2, 0.25) is 0 Å². The molecule has 1 aliphatic carbocycles. The number of carbonyl (C=O) groups is 1. The van der Waals surface area contributed by atoms with Crippen LogP contribution in [-0.2, 0) is 0 Å². The molecular formula is C21H29N3O2S.